The highest BCUT2D eigenvalue weighted by molar-refractivity contribution is 5.94. The molecule has 0 radical (unpaired) electrons. The van der Waals surface area contributed by atoms with Crippen molar-refractivity contribution in [1.29, 1.82) is 0 Å². The lowest BCUT2D eigenvalue weighted by Gasteiger charge is -2.14. The van der Waals surface area contributed by atoms with Crippen LogP contribution in [0.4, 0.5) is 5.82 Å². The molecule has 1 atom stereocenters. The molecular weight excluding hydrogens is 236 g/mol. The van der Waals surface area contributed by atoms with Gasteiger partial charge in [-0.25, -0.2) is 0 Å². The van der Waals surface area contributed by atoms with Gasteiger partial charge in [0.1, 0.15) is 5.76 Å². The molecule has 98 valence electrons. The Morgan fingerprint density at radius 1 is 1.61 bits per heavy atom. The summed E-state index contributed by atoms with van der Waals surface area (Å²) in [6.07, 6.45) is 1.38. The summed E-state index contributed by atoms with van der Waals surface area (Å²) in [5.41, 5.74) is 0. The number of nitrogens with one attached hydrogen (secondary N) is 1. The lowest BCUT2D eigenvalue weighted by molar-refractivity contribution is -0.155. The molecule has 0 aromatic carbocycles. The summed E-state index contributed by atoms with van der Waals surface area (Å²) >= 11 is 0. The van der Waals surface area contributed by atoms with Gasteiger partial charge in [-0.1, -0.05) is 12.1 Å². The summed E-state index contributed by atoms with van der Waals surface area (Å²) in [6, 6.07) is 1.60. The first kappa shape index (κ1) is 12.6. The number of rotatable bonds is 5. The van der Waals surface area contributed by atoms with Gasteiger partial charge in [0.15, 0.2) is 11.9 Å². The van der Waals surface area contributed by atoms with Crippen molar-refractivity contribution in [1.82, 2.24) is 5.16 Å². The van der Waals surface area contributed by atoms with Gasteiger partial charge in [-0.3, -0.25) is 9.59 Å². The maximum Gasteiger partial charge on any atom is 0.309 e. The highest BCUT2D eigenvalue weighted by Gasteiger charge is 2.34. The van der Waals surface area contributed by atoms with Crippen LogP contribution in [0.2, 0.25) is 0 Å². The van der Waals surface area contributed by atoms with Gasteiger partial charge in [0.2, 0.25) is 0 Å². The van der Waals surface area contributed by atoms with E-state index < -0.39 is 6.10 Å². The zero-order chi connectivity index (χ0) is 13.1. The molecule has 1 aliphatic rings. The van der Waals surface area contributed by atoms with Gasteiger partial charge in [-0.05, 0) is 26.2 Å². The van der Waals surface area contributed by atoms with E-state index in [9.17, 15) is 9.59 Å². The third-order valence-corrected chi connectivity index (χ3v) is 2.71. The number of carbonyl (C=O) groups excluding carboxylic acids is 2. The molecule has 1 amide bonds. The highest BCUT2D eigenvalue weighted by Crippen LogP contribution is 2.30. The lowest BCUT2D eigenvalue weighted by atomic mass is 10.2. The topological polar surface area (TPSA) is 81.4 Å². The van der Waals surface area contributed by atoms with Crippen molar-refractivity contribution in [3.63, 3.8) is 0 Å². The molecule has 1 aromatic rings. The van der Waals surface area contributed by atoms with E-state index in [1.54, 1.807) is 19.9 Å². The third-order valence-electron chi connectivity index (χ3n) is 2.71. The van der Waals surface area contributed by atoms with E-state index in [4.69, 9.17) is 9.26 Å². The average molecular weight is 252 g/mol. The molecule has 1 fully saturated rings. The Labute approximate surface area is 105 Å². The van der Waals surface area contributed by atoms with Crippen LogP contribution >= 0.6 is 0 Å². The van der Waals surface area contributed by atoms with Gasteiger partial charge in [0.05, 0.1) is 5.92 Å². The number of esters is 1. The van der Waals surface area contributed by atoms with Crippen LogP contribution < -0.4 is 5.32 Å². The number of aryl methyl sites for hydroxylation is 1. The van der Waals surface area contributed by atoms with Crippen molar-refractivity contribution in [2.24, 2.45) is 5.92 Å². The molecule has 0 unspecified atom stereocenters. The van der Waals surface area contributed by atoms with Gasteiger partial charge in [-0.15, -0.1) is 0 Å². The molecule has 0 spiro atoms. The highest BCUT2D eigenvalue weighted by atomic mass is 16.5. The molecule has 0 bridgehead atoms. The summed E-state index contributed by atoms with van der Waals surface area (Å²) in [5.74, 6) is 0.265. The fourth-order valence-electron chi connectivity index (χ4n) is 1.51. The smallest absolute Gasteiger partial charge is 0.309 e. The molecule has 1 aromatic heterocycles. The first-order valence-electron chi connectivity index (χ1n) is 6.04. The summed E-state index contributed by atoms with van der Waals surface area (Å²) < 4.78 is 9.99. The standard InChI is InChI=1S/C12H16N2O4/c1-3-9(17-12(16)8-4-5-8)11(15)13-10-6-7(2)18-14-10/h6,8-9H,3-5H2,1-2H3,(H,13,14,15)/t9-/m0/s1. The number of anilines is 1. The fraction of sp³-hybridized carbons (Fsp3) is 0.583. The molecule has 1 aliphatic carbocycles. The average Bonchev–Trinajstić information content (AvgIpc) is 3.11. The third kappa shape index (κ3) is 3.09. The Hall–Kier alpha value is -1.85. The number of carbonyl (C=O) groups is 2. The van der Waals surface area contributed by atoms with Crippen LogP contribution in [0.25, 0.3) is 0 Å². The summed E-state index contributed by atoms with van der Waals surface area (Å²) in [5, 5.41) is 6.21. The predicted molar refractivity (Wildman–Crippen MR) is 62.8 cm³/mol. The predicted octanol–water partition coefficient (Wildman–Crippen LogP) is 1.65. The molecule has 0 aliphatic heterocycles. The maximum atomic E-state index is 11.9. The minimum atomic E-state index is -0.768. The lowest BCUT2D eigenvalue weighted by Crippen LogP contribution is -2.32. The fourth-order valence-corrected chi connectivity index (χ4v) is 1.51. The number of hydrogen-bond donors (Lipinski definition) is 1. The molecule has 18 heavy (non-hydrogen) atoms. The van der Waals surface area contributed by atoms with E-state index in [-0.39, 0.29) is 17.8 Å². The van der Waals surface area contributed by atoms with Crippen molar-refractivity contribution in [3.05, 3.63) is 11.8 Å². The van der Waals surface area contributed by atoms with Crippen molar-refractivity contribution in [3.8, 4) is 0 Å². The molecule has 1 heterocycles. The first-order chi connectivity index (χ1) is 8.60. The van der Waals surface area contributed by atoms with Crippen LogP contribution in [0.3, 0.4) is 0 Å². The summed E-state index contributed by atoms with van der Waals surface area (Å²) in [6.45, 7) is 3.52. The molecule has 1 N–H and O–H groups in total. The second-order valence-corrected chi connectivity index (χ2v) is 4.42. The van der Waals surface area contributed by atoms with Gasteiger partial charge < -0.3 is 14.6 Å². The van der Waals surface area contributed by atoms with Crippen LogP contribution in [0.1, 0.15) is 31.9 Å². The van der Waals surface area contributed by atoms with Gasteiger partial charge in [-0.2, -0.15) is 0 Å². The van der Waals surface area contributed by atoms with E-state index in [0.29, 0.717) is 18.0 Å². The Bertz CT molecular complexity index is 451. The number of aromatic nitrogens is 1. The SMILES string of the molecule is CC[C@H](OC(=O)C1CC1)C(=O)Nc1cc(C)on1. The quantitative estimate of drug-likeness (QED) is 0.806. The van der Waals surface area contributed by atoms with Gasteiger partial charge >= 0.3 is 5.97 Å². The van der Waals surface area contributed by atoms with Crippen LogP contribution in [-0.4, -0.2) is 23.1 Å². The van der Waals surface area contributed by atoms with Crippen LogP contribution in [-0.2, 0) is 14.3 Å². The van der Waals surface area contributed by atoms with Gasteiger partial charge in [0, 0.05) is 6.07 Å². The van der Waals surface area contributed by atoms with Crippen LogP contribution in [0, 0.1) is 12.8 Å². The van der Waals surface area contributed by atoms with Crippen molar-refractivity contribution in [2.75, 3.05) is 5.32 Å². The summed E-state index contributed by atoms with van der Waals surface area (Å²) in [4.78, 5) is 23.4. The maximum absolute atomic E-state index is 11.9. The Balaban J connectivity index is 1.90. The largest absolute Gasteiger partial charge is 0.452 e. The van der Waals surface area contributed by atoms with Crippen LogP contribution in [0.5, 0.6) is 0 Å². The number of amides is 1. The van der Waals surface area contributed by atoms with E-state index >= 15 is 0 Å². The molecular formula is C12H16N2O4. The Kier molecular flexibility index (Phi) is 3.64. The summed E-state index contributed by atoms with van der Waals surface area (Å²) in [7, 11) is 0. The number of nitrogens with zero attached hydrogens (tertiary/aromatic N) is 1. The number of hydrogen-bond acceptors (Lipinski definition) is 5. The Morgan fingerprint density at radius 2 is 2.33 bits per heavy atom. The molecule has 2 rings (SSSR count). The molecule has 6 heteroatoms. The first-order valence-corrected chi connectivity index (χ1v) is 6.04. The molecule has 0 saturated heterocycles. The monoisotopic (exact) mass is 252 g/mol. The van der Waals surface area contributed by atoms with Crippen molar-refractivity contribution >= 4 is 17.7 Å². The van der Waals surface area contributed by atoms with Crippen molar-refractivity contribution in [2.45, 2.75) is 39.2 Å². The minimum Gasteiger partial charge on any atom is -0.452 e. The van der Waals surface area contributed by atoms with Crippen molar-refractivity contribution < 1.29 is 18.8 Å². The van der Waals surface area contributed by atoms with Crippen LogP contribution in [0.15, 0.2) is 10.6 Å². The zero-order valence-electron chi connectivity index (χ0n) is 10.4. The molecule has 1 saturated carbocycles. The zero-order valence-corrected chi connectivity index (χ0v) is 10.4. The van der Waals surface area contributed by atoms with E-state index in [1.165, 1.54) is 0 Å². The van der Waals surface area contributed by atoms with E-state index in [2.05, 4.69) is 10.5 Å². The number of ether oxygens (including phenoxy) is 1. The minimum absolute atomic E-state index is 0.0128. The van der Waals surface area contributed by atoms with E-state index in [0.717, 1.165) is 12.8 Å². The second kappa shape index (κ2) is 5.20. The Morgan fingerprint density at radius 3 is 2.83 bits per heavy atom. The van der Waals surface area contributed by atoms with Gasteiger partial charge in [0.25, 0.3) is 5.91 Å². The normalized spacial score (nSPS) is 16.1. The second-order valence-electron chi connectivity index (χ2n) is 4.42. The van der Waals surface area contributed by atoms with E-state index in [1.807, 2.05) is 0 Å². The molecule has 6 nitrogen and oxygen atoms in total.